The van der Waals surface area contributed by atoms with Gasteiger partial charge in [0, 0.05) is 23.2 Å². The topological polar surface area (TPSA) is 47.8 Å². The molecule has 2 atom stereocenters. The van der Waals surface area contributed by atoms with E-state index in [9.17, 15) is 4.79 Å². The molecule has 0 saturated carbocycles. The van der Waals surface area contributed by atoms with Gasteiger partial charge in [-0.2, -0.15) is 0 Å². The Hall–Kier alpha value is -2.75. The predicted molar refractivity (Wildman–Crippen MR) is 86.2 cm³/mol. The third kappa shape index (κ3) is 1.69. The van der Waals surface area contributed by atoms with E-state index in [0.29, 0.717) is 0 Å². The van der Waals surface area contributed by atoms with Gasteiger partial charge >= 0.3 is 0 Å². The van der Waals surface area contributed by atoms with E-state index in [1.807, 2.05) is 30.7 Å². The van der Waals surface area contributed by atoms with Crippen LogP contribution in [-0.4, -0.2) is 20.3 Å². The van der Waals surface area contributed by atoms with E-state index in [-0.39, 0.29) is 17.7 Å². The number of hydrogen-bond donors (Lipinski definition) is 0. The first-order valence-corrected chi connectivity index (χ1v) is 7.94. The Balaban J connectivity index is 1.65. The van der Waals surface area contributed by atoms with Gasteiger partial charge in [0.15, 0.2) is 5.78 Å². The zero-order chi connectivity index (χ0) is 15.4. The van der Waals surface area contributed by atoms with Crippen molar-refractivity contribution in [2.45, 2.75) is 18.9 Å². The van der Waals surface area contributed by atoms with Crippen molar-refractivity contribution in [1.29, 1.82) is 0 Å². The minimum atomic E-state index is -0.0525. The number of benzene rings is 1. The largest absolute Gasteiger partial charge is 0.322 e. The summed E-state index contributed by atoms with van der Waals surface area (Å²) in [6, 6.07) is 12.2. The number of carbonyl (C=O) groups is 1. The molecule has 3 aromatic rings. The summed E-state index contributed by atoms with van der Waals surface area (Å²) in [5.74, 6) is 0.156. The van der Waals surface area contributed by atoms with E-state index in [4.69, 9.17) is 0 Å². The van der Waals surface area contributed by atoms with Crippen molar-refractivity contribution < 1.29 is 4.79 Å². The lowest BCUT2D eigenvalue weighted by Crippen LogP contribution is -2.30. The smallest absolute Gasteiger partial charge is 0.170 e. The van der Waals surface area contributed by atoms with Crippen LogP contribution in [0.15, 0.2) is 55.1 Å². The van der Waals surface area contributed by atoms with E-state index in [0.717, 1.165) is 29.8 Å². The molecule has 0 amide bonds. The monoisotopic (exact) mass is 301 g/mol. The quantitative estimate of drug-likeness (QED) is 0.693. The second-order valence-electron chi connectivity index (χ2n) is 6.23. The fourth-order valence-corrected chi connectivity index (χ4v) is 4.07. The van der Waals surface area contributed by atoms with Crippen LogP contribution in [0.2, 0.25) is 0 Å². The molecular formula is C19H15N3O. The Morgan fingerprint density at radius 2 is 1.96 bits per heavy atom. The van der Waals surface area contributed by atoms with Crippen molar-refractivity contribution in [3.8, 4) is 11.3 Å². The number of aromatic nitrogens is 3. The Kier molecular flexibility index (Phi) is 2.56. The van der Waals surface area contributed by atoms with Gasteiger partial charge in [0.25, 0.3) is 0 Å². The molecule has 112 valence electrons. The highest BCUT2D eigenvalue weighted by atomic mass is 16.1. The van der Waals surface area contributed by atoms with Crippen molar-refractivity contribution in [2.75, 3.05) is 0 Å². The van der Waals surface area contributed by atoms with Crippen molar-refractivity contribution in [3.05, 3.63) is 71.9 Å². The number of nitrogens with zero attached hydrogens (tertiary/aromatic N) is 3. The molecule has 4 nitrogen and oxygen atoms in total. The number of fused-ring (bicyclic) bond motifs is 4. The second-order valence-corrected chi connectivity index (χ2v) is 6.23. The average Bonchev–Trinajstić information content (AvgIpc) is 3.17. The molecule has 1 aliphatic carbocycles. The fourth-order valence-electron chi connectivity index (χ4n) is 4.07. The summed E-state index contributed by atoms with van der Waals surface area (Å²) in [4.78, 5) is 21.7. The van der Waals surface area contributed by atoms with Crippen LogP contribution in [-0.2, 0) is 6.42 Å². The van der Waals surface area contributed by atoms with Gasteiger partial charge in [-0.05, 0) is 30.5 Å². The average molecular weight is 301 g/mol. The van der Waals surface area contributed by atoms with Crippen molar-refractivity contribution in [1.82, 2.24) is 14.5 Å². The predicted octanol–water partition coefficient (Wildman–Crippen LogP) is 3.29. The highest BCUT2D eigenvalue weighted by Gasteiger charge is 2.40. The Morgan fingerprint density at radius 3 is 2.91 bits per heavy atom. The summed E-state index contributed by atoms with van der Waals surface area (Å²) in [5.41, 5.74) is 5.26. The lowest BCUT2D eigenvalue weighted by atomic mass is 9.78. The normalized spacial score (nSPS) is 21.7. The highest BCUT2D eigenvalue weighted by Crippen LogP contribution is 2.45. The number of rotatable bonds is 1. The summed E-state index contributed by atoms with van der Waals surface area (Å²) >= 11 is 0. The Bertz CT molecular complexity index is 928. The Morgan fingerprint density at radius 1 is 1.09 bits per heavy atom. The maximum absolute atomic E-state index is 13.1. The summed E-state index contributed by atoms with van der Waals surface area (Å²) in [5, 5.41) is 0. The van der Waals surface area contributed by atoms with Gasteiger partial charge in [0.1, 0.15) is 0 Å². The minimum absolute atomic E-state index is 0.0459. The van der Waals surface area contributed by atoms with E-state index in [1.54, 1.807) is 6.20 Å². The molecule has 1 aliphatic heterocycles. The van der Waals surface area contributed by atoms with E-state index in [2.05, 4.69) is 32.7 Å². The molecule has 2 aromatic heterocycles. The van der Waals surface area contributed by atoms with Gasteiger partial charge in [-0.3, -0.25) is 9.78 Å². The number of pyridine rings is 1. The third-order valence-electron chi connectivity index (χ3n) is 5.09. The molecule has 23 heavy (non-hydrogen) atoms. The van der Waals surface area contributed by atoms with Crippen LogP contribution >= 0.6 is 0 Å². The van der Waals surface area contributed by atoms with Gasteiger partial charge in [-0.1, -0.05) is 24.3 Å². The number of carbonyl (C=O) groups excluding carboxylic acids is 1. The summed E-state index contributed by atoms with van der Waals surface area (Å²) in [6.45, 7) is 0. The zero-order valence-electron chi connectivity index (χ0n) is 12.5. The van der Waals surface area contributed by atoms with Crippen molar-refractivity contribution >= 4 is 5.78 Å². The van der Waals surface area contributed by atoms with Gasteiger partial charge in [0.05, 0.1) is 30.0 Å². The molecule has 3 heterocycles. The third-order valence-corrected chi connectivity index (χ3v) is 5.09. The van der Waals surface area contributed by atoms with Gasteiger partial charge < -0.3 is 4.57 Å². The molecular weight excluding hydrogens is 286 g/mol. The van der Waals surface area contributed by atoms with E-state index < -0.39 is 0 Å². The van der Waals surface area contributed by atoms with Crippen LogP contribution in [0, 0.1) is 5.92 Å². The van der Waals surface area contributed by atoms with E-state index in [1.165, 1.54) is 11.1 Å². The molecule has 0 unspecified atom stereocenters. The van der Waals surface area contributed by atoms with Crippen molar-refractivity contribution in [3.63, 3.8) is 0 Å². The maximum atomic E-state index is 13.1. The van der Waals surface area contributed by atoms with Crippen LogP contribution in [0.4, 0.5) is 0 Å². The lowest BCUT2D eigenvalue weighted by molar-refractivity contribution is 0.0870. The molecule has 4 heteroatoms. The lowest BCUT2D eigenvalue weighted by Gasteiger charge is -2.29. The van der Waals surface area contributed by atoms with Gasteiger partial charge in [0.2, 0.25) is 0 Å². The zero-order valence-corrected chi connectivity index (χ0v) is 12.5. The second kappa shape index (κ2) is 4.62. The van der Waals surface area contributed by atoms with Crippen molar-refractivity contribution in [2.24, 2.45) is 5.92 Å². The SMILES string of the molecule is O=C1c2cccnc2CC[C@@H]1[C@H]1c2ccccc2-c2cncn21. The molecule has 0 fully saturated rings. The fraction of sp³-hybridized carbons (Fsp3) is 0.211. The van der Waals surface area contributed by atoms with E-state index >= 15 is 0 Å². The van der Waals surface area contributed by atoms with Crippen LogP contribution in [0.25, 0.3) is 11.3 Å². The maximum Gasteiger partial charge on any atom is 0.170 e. The summed E-state index contributed by atoms with van der Waals surface area (Å²) in [7, 11) is 0. The first kappa shape index (κ1) is 12.8. The highest BCUT2D eigenvalue weighted by molar-refractivity contribution is 6.00. The van der Waals surface area contributed by atoms with Gasteiger partial charge in [-0.25, -0.2) is 4.98 Å². The number of Topliss-reactive ketones (excluding diaryl/α,β-unsaturated/α-hetero) is 1. The van der Waals surface area contributed by atoms with Crippen LogP contribution < -0.4 is 0 Å². The number of imidazole rings is 1. The minimum Gasteiger partial charge on any atom is -0.322 e. The number of hydrogen-bond acceptors (Lipinski definition) is 3. The standard InChI is InChI=1S/C19H15N3O/c23-19-14-6-3-9-21-16(14)8-7-15(19)18-13-5-2-1-4-12(13)17-10-20-11-22(17)18/h1-6,9-11,15,18H,7-8H2/t15-,18-/m1/s1. The summed E-state index contributed by atoms with van der Waals surface area (Å²) < 4.78 is 2.16. The first-order chi connectivity index (χ1) is 11.3. The van der Waals surface area contributed by atoms with Gasteiger partial charge in [-0.15, -0.1) is 0 Å². The first-order valence-electron chi connectivity index (χ1n) is 7.94. The molecule has 0 bridgehead atoms. The van der Waals surface area contributed by atoms with Crippen LogP contribution in [0.3, 0.4) is 0 Å². The molecule has 0 spiro atoms. The van der Waals surface area contributed by atoms with Crippen LogP contribution in [0.5, 0.6) is 0 Å². The molecule has 0 saturated heterocycles. The molecule has 1 aromatic carbocycles. The molecule has 0 N–H and O–H groups in total. The molecule has 0 radical (unpaired) electrons. The van der Waals surface area contributed by atoms with Crippen LogP contribution in [0.1, 0.15) is 34.1 Å². The molecule has 2 aliphatic rings. The Labute approximate surface area is 133 Å². The number of ketones is 1. The summed E-state index contributed by atoms with van der Waals surface area (Å²) in [6.07, 6.45) is 7.20. The molecule has 5 rings (SSSR count). The number of aryl methyl sites for hydroxylation is 1.